The van der Waals surface area contributed by atoms with Gasteiger partial charge in [-0.05, 0) is 40.7 Å². The number of hydrogen-bond acceptors (Lipinski definition) is 3. The molecule has 1 N–H and O–H groups in total. The molecule has 0 rings (SSSR count). The Morgan fingerprint density at radius 1 is 1.12 bits per heavy atom. The zero-order valence-corrected chi connectivity index (χ0v) is 11.4. The van der Waals surface area contributed by atoms with Gasteiger partial charge in [-0.15, -0.1) is 0 Å². The monoisotopic (exact) mass is 229 g/mol. The second-order valence-corrected chi connectivity index (χ2v) is 4.00. The van der Waals surface area contributed by atoms with Gasteiger partial charge in [0.1, 0.15) is 0 Å². The summed E-state index contributed by atoms with van der Waals surface area (Å²) in [7, 11) is 0. The lowest BCUT2D eigenvalue weighted by Crippen LogP contribution is -2.42. The van der Waals surface area contributed by atoms with Crippen LogP contribution in [0.4, 0.5) is 0 Å². The first-order chi connectivity index (χ1) is 7.65. The minimum Gasteiger partial charge on any atom is -0.351 e. The zero-order chi connectivity index (χ0) is 12.4. The van der Waals surface area contributed by atoms with Gasteiger partial charge in [-0.3, -0.25) is 0 Å². The molecule has 1 atom stereocenters. The van der Waals surface area contributed by atoms with Crippen molar-refractivity contribution in [1.82, 2.24) is 5.32 Å². The summed E-state index contributed by atoms with van der Waals surface area (Å²) in [6.07, 6.45) is 3.10. The quantitative estimate of drug-likeness (QED) is 0.487. The third-order valence-corrected chi connectivity index (χ3v) is 2.10. The molecule has 0 saturated carbocycles. The maximum absolute atomic E-state index is 5.61. The van der Waals surface area contributed by atoms with Gasteiger partial charge in [0.05, 0.1) is 6.04 Å². The largest absolute Gasteiger partial charge is 0.351 e. The Labute approximate surface area is 100 Å². The molecule has 0 aromatic rings. The molecule has 0 aliphatic heterocycles. The maximum Gasteiger partial charge on any atom is 0.176 e. The molecule has 0 aromatic carbocycles. The second kappa shape index (κ2) is 9.82. The molecule has 3 nitrogen and oxygen atoms in total. The highest BCUT2D eigenvalue weighted by Crippen LogP contribution is 2.07. The number of ether oxygens (including phenoxy) is 2. The van der Waals surface area contributed by atoms with E-state index < -0.39 is 0 Å². The molecule has 0 amide bonds. The summed E-state index contributed by atoms with van der Waals surface area (Å²) >= 11 is 0. The molecule has 0 aromatic heterocycles. The predicted molar refractivity (Wildman–Crippen MR) is 68.6 cm³/mol. The summed E-state index contributed by atoms with van der Waals surface area (Å²) in [6, 6.07) is 0.143. The van der Waals surface area contributed by atoms with E-state index in [1.807, 2.05) is 13.8 Å². The van der Waals surface area contributed by atoms with Gasteiger partial charge in [0.2, 0.25) is 0 Å². The van der Waals surface area contributed by atoms with Crippen LogP contribution in [0.3, 0.4) is 0 Å². The van der Waals surface area contributed by atoms with Crippen LogP contribution < -0.4 is 5.32 Å². The van der Waals surface area contributed by atoms with Crippen molar-refractivity contribution < 1.29 is 9.47 Å². The molecule has 0 fully saturated rings. The molecule has 0 spiro atoms. The topological polar surface area (TPSA) is 30.5 Å². The number of hydrogen-bond donors (Lipinski definition) is 1. The highest BCUT2D eigenvalue weighted by Gasteiger charge is 2.19. The molecule has 96 valence electrons. The molecule has 0 saturated heterocycles. The number of nitrogens with one attached hydrogen (secondary N) is 1. The van der Waals surface area contributed by atoms with E-state index in [1.54, 1.807) is 0 Å². The van der Waals surface area contributed by atoms with Gasteiger partial charge in [0.15, 0.2) is 6.29 Å². The SMILES string of the molecule is CCCNC(C=C(C)C)C(OCC)OCC. The van der Waals surface area contributed by atoms with Crippen molar-refractivity contribution in [2.75, 3.05) is 19.8 Å². The van der Waals surface area contributed by atoms with E-state index >= 15 is 0 Å². The van der Waals surface area contributed by atoms with E-state index in [0.717, 1.165) is 13.0 Å². The Morgan fingerprint density at radius 3 is 2.06 bits per heavy atom. The van der Waals surface area contributed by atoms with Crippen LogP contribution >= 0.6 is 0 Å². The van der Waals surface area contributed by atoms with E-state index in [2.05, 4.69) is 32.2 Å². The number of allylic oxidation sites excluding steroid dienone is 1. The van der Waals surface area contributed by atoms with Gasteiger partial charge in [-0.1, -0.05) is 18.6 Å². The molecule has 0 radical (unpaired) electrons. The Hall–Kier alpha value is -0.380. The summed E-state index contributed by atoms with van der Waals surface area (Å²) in [5.41, 5.74) is 1.28. The first-order valence-corrected chi connectivity index (χ1v) is 6.27. The average Bonchev–Trinajstić information content (AvgIpc) is 2.23. The van der Waals surface area contributed by atoms with Crippen molar-refractivity contribution in [2.24, 2.45) is 0 Å². The van der Waals surface area contributed by atoms with Crippen molar-refractivity contribution >= 4 is 0 Å². The fraction of sp³-hybridized carbons (Fsp3) is 0.846. The lowest BCUT2D eigenvalue weighted by Gasteiger charge is -2.25. The zero-order valence-electron chi connectivity index (χ0n) is 11.4. The first kappa shape index (κ1) is 15.6. The van der Waals surface area contributed by atoms with Crippen molar-refractivity contribution in [3.63, 3.8) is 0 Å². The minimum absolute atomic E-state index is 0.143. The summed E-state index contributed by atoms with van der Waals surface area (Å²) in [5, 5.41) is 3.44. The molecular formula is C13H27NO2. The smallest absolute Gasteiger partial charge is 0.176 e. The van der Waals surface area contributed by atoms with Crippen LogP contribution in [0.15, 0.2) is 11.6 Å². The van der Waals surface area contributed by atoms with Gasteiger partial charge in [-0.2, -0.15) is 0 Å². The van der Waals surface area contributed by atoms with E-state index in [0.29, 0.717) is 13.2 Å². The third-order valence-electron chi connectivity index (χ3n) is 2.10. The average molecular weight is 229 g/mol. The Balaban J connectivity index is 4.45. The summed E-state index contributed by atoms with van der Waals surface area (Å²) in [4.78, 5) is 0. The third kappa shape index (κ3) is 6.99. The molecule has 0 bridgehead atoms. The van der Waals surface area contributed by atoms with Crippen LogP contribution in [0.25, 0.3) is 0 Å². The fourth-order valence-electron chi connectivity index (χ4n) is 1.49. The molecular weight excluding hydrogens is 202 g/mol. The minimum atomic E-state index is -0.184. The Kier molecular flexibility index (Phi) is 9.59. The van der Waals surface area contributed by atoms with Crippen LogP contribution in [0, 0.1) is 0 Å². The van der Waals surface area contributed by atoms with Gasteiger partial charge in [-0.25, -0.2) is 0 Å². The molecule has 0 heterocycles. The molecule has 0 aliphatic rings. The van der Waals surface area contributed by atoms with E-state index in [9.17, 15) is 0 Å². The summed E-state index contributed by atoms with van der Waals surface area (Å²) in [5.74, 6) is 0. The molecule has 1 unspecified atom stereocenters. The van der Waals surface area contributed by atoms with Crippen molar-refractivity contribution in [1.29, 1.82) is 0 Å². The van der Waals surface area contributed by atoms with Crippen LogP contribution in [-0.4, -0.2) is 32.1 Å². The molecule has 3 heteroatoms. The van der Waals surface area contributed by atoms with E-state index in [4.69, 9.17) is 9.47 Å². The fourth-order valence-corrected chi connectivity index (χ4v) is 1.49. The summed E-state index contributed by atoms with van der Waals surface area (Å²) in [6.45, 7) is 12.6. The van der Waals surface area contributed by atoms with Gasteiger partial charge >= 0.3 is 0 Å². The highest BCUT2D eigenvalue weighted by molar-refractivity contribution is 5.02. The van der Waals surface area contributed by atoms with Crippen molar-refractivity contribution in [2.45, 2.75) is 53.4 Å². The van der Waals surface area contributed by atoms with Gasteiger partial charge in [0, 0.05) is 13.2 Å². The van der Waals surface area contributed by atoms with Crippen LogP contribution in [-0.2, 0) is 9.47 Å². The van der Waals surface area contributed by atoms with Crippen molar-refractivity contribution in [3.8, 4) is 0 Å². The van der Waals surface area contributed by atoms with E-state index in [1.165, 1.54) is 5.57 Å². The second-order valence-electron chi connectivity index (χ2n) is 4.00. The lowest BCUT2D eigenvalue weighted by atomic mass is 10.2. The number of rotatable bonds is 9. The summed E-state index contributed by atoms with van der Waals surface area (Å²) < 4.78 is 11.2. The maximum atomic E-state index is 5.61. The van der Waals surface area contributed by atoms with Gasteiger partial charge in [0.25, 0.3) is 0 Å². The van der Waals surface area contributed by atoms with E-state index in [-0.39, 0.29) is 12.3 Å². The van der Waals surface area contributed by atoms with Crippen LogP contribution in [0.5, 0.6) is 0 Å². The normalized spacial score (nSPS) is 12.9. The molecule has 16 heavy (non-hydrogen) atoms. The first-order valence-electron chi connectivity index (χ1n) is 6.27. The Morgan fingerprint density at radius 2 is 1.69 bits per heavy atom. The van der Waals surface area contributed by atoms with Crippen molar-refractivity contribution in [3.05, 3.63) is 11.6 Å². The predicted octanol–water partition coefficient (Wildman–Crippen LogP) is 2.72. The standard InChI is InChI=1S/C13H27NO2/c1-6-9-14-12(10-11(4)5)13(15-7-2)16-8-3/h10,12-14H,6-9H2,1-5H3. The molecule has 0 aliphatic carbocycles. The lowest BCUT2D eigenvalue weighted by molar-refractivity contribution is -0.146. The van der Waals surface area contributed by atoms with Crippen LogP contribution in [0.2, 0.25) is 0 Å². The van der Waals surface area contributed by atoms with Crippen LogP contribution in [0.1, 0.15) is 41.0 Å². The van der Waals surface area contributed by atoms with Gasteiger partial charge < -0.3 is 14.8 Å². The highest BCUT2D eigenvalue weighted by atomic mass is 16.7. The Bertz CT molecular complexity index is 182.